The first-order valence-electron chi connectivity index (χ1n) is 9.32. The highest BCUT2D eigenvalue weighted by Crippen LogP contribution is 2.29. The maximum Gasteiger partial charge on any atom is 0.324 e. The van der Waals surface area contributed by atoms with Gasteiger partial charge >= 0.3 is 5.97 Å². The van der Waals surface area contributed by atoms with Gasteiger partial charge in [0.15, 0.2) is 0 Å². The van der Waals surface area contributed by atoms with Crippen LogP contribution in [0.5, 0.6) is 0 Å². The number of esters is 1. The SMILES string of the molecule is COC(=O)[C@H]1Cc2ncn(Cc3ccc(Cl)cc3)c2CN1S(=O)(=O)c1ccccc1. The number of imidazole rings is 1. The van der Waals surface area contributed by atoms with Crippen LogP contribution in [-0.4, -0.2) is 41.4 Å². The fourth-order valence-electron chi connectivity index (χ4n) is 3.58. The molecule has 0 aliphatic carbocycles. The van der Waals surface area contributed by atoms with Crippen molar-refractivity contribution in [1.82, 2.24) is 13.9 Å². The molecule has 1 aliphatic rings. The molecule has 30 heavy (non-hydrogen) atoms. The van der Waals surface area contributed by atoms with Crippen LogP contribution in [0.25, 0.3) is 0 Å². The first-order valence-corrected chi connectivity index (χ1v) is 11.1. The Labute approximate surface area is 179 Å². The number of halogens is 1. The summed E-state index contributed by atoms with van der Waals surface area (Å²) in [4.78, 5) is 17.0. The molecule has 1 aromatic heterocycles. The smallest absolute Gasteiger partial charge is 0.324 e. The predicted molar refractivity (Wildman–Crippen MR) is 111 cm³/mol. The summed E-state index contributed by atoms with van der Waals surface area (Å²) in [6.07, 6.45) is 1.83. The Morgan fingerprint density at radius 1 is 1.17 bits per heavy atom. The molecule has 0 saturated carbocycles. The van der Waals surface area contributed by atoms with E-state index in [0.717, 1.165) is 11.3 Å². The van der Waals surface area contributed by atoms with Gasteiger partial charge in [-0.3, -0.25) is 4.79 Å². The molecule has 0 fully saturated rings. The zero-order valence-electron chi connectivity index (χ0n) is 16.2. The van der Waals surface area contributed by atoms with E-state index < -0.39 is 22.0 Å². The van der Waals surface area contributed by atoms with E-state index in [1.807, 2.05) is 16.7 Å². The highest BCUT2D eigenvalue weighted by atomic mass is 35.5. The summed E-state index contributed by atoms with van der Waals surface area (Å²) in [7, 11) is -2.65. The molecular weight excluding hydrogens is 426 g/mol. The van der Waals surface area contributed by atoms with Gasteiger partial charge in [0.2, 0.25) is 10.0 Å². The number of aromatic nitrogens is 2. The van der Waals surface area contributed by atoms with Crippen molar-refractivity contribution < 1.29 is 17.9 Å². The van der Waals surface area contributed by atoms with Crippen molar-refractivity contribution in [2.75, 3.05) is 7.11 Å². The van der Waals surface area contributed by atoms with E-state index in [4.69, 9.17) is 16.3 Å². The summed E-state index contributed by atoms with van der Waals surface area (Å²) >= 11 is 5.96. The van der Waals surface area contributed by atoms with Crippen molar-refractivity contribution >= 4 is 27.6 Å². The van der Waals surface area contributed by atoms with Crippen molar-refractivity contribution in [2.45, 2.75) is 30.4 Å². The number of methoxy groups -OCH3 is 1. The fourth-order valence-corrected chi connectivity index (χ4v) is 5.27. The van der Waals surface area contributed by atoms with Gasteiger partial charge in [0.25, 0.3) is 0 Å². The highest BCUT2D eigenvalue weighted by Gasteiger charge is 2.42. The van der Waals surface area contributed by atoms with Gasteiger partial charge in [-0.05, 0) is 29.8 Å². The number of nitrogens with zero attached hydrogens (tertiary/aromatic N) is 3. The second kappa shape index (κ2) is 8.22. The van der Waals surface area contributed by atoms with Crippen LogP contribution in [-0.2, 0) is 39.1 Å². The average Bonchev–Trinajstić information content (AvgIpc) is 3.16. The number of hydrogen-bond acceptors (Lipinski definition) is 5. The first-order chi connectivity index (χ1) is 14.4. The van der Waals surface area contributed by atoms with Crippen LogP contribution >= 0.6 is 11.6 Å². The van der Waals surface area contributed by atoms with E-state index in [1.54, 1.807) is 36.7 Å². The minimum atomic E-state index is -3.91. The standard InChI is InChI=1S/C21H20ClN3O4S/c1-29-21(26)19-11-18-20(13-25(19)30(27,28)17-5-3-2-4-6-17)24(14-23-18)12-15-7-9-16(22)10-8-15/h2-10,14,19H,11-13H2,1H3/t19-/m1/s1. The monoisotopic (exact) mass is 445 g/mol. The number of benzene rings is 2. The minimum absolute atomic E-state index is 0.0277. The molecule has 7 nitrogen and oxygen atoms in total. The van der Waals surface area contributed by atoms with Crippen LogP contribution in [0.2, 0.25) is 5.02 Å². The van der Waals surface area contributed by atoms with Gasteiger partial charge in [-0.2, -0.15) is 4.31 Å². The molecule has 1 atom stereocenters. The maximum atomic E-state index is 13.3. The molecule has 2 aromatic carbocycles. The number of fused-ring (bicyclic) bond motifs is 1. The molecule has 3 aromatic rings. The molecule has 9 heteroatoms. The van der Waals surface area contributed by atoms with Gasteiger partial charge in [0, 0.05) is 18.0 Å². The molecule has 156 valence electrons. The summed E-state index contributed by atoms with van der Waals surface area (Å²) in [6.45, 7) is 0.543. The van der Waals surface area contributed by atoms with Crippen molar-refractivity contribution in [3.8, 4) is 0 Å². The van der Waals surface area contributed by atoms with Crippen molar-refractivity contribution in [3.63, 3.8) is 0 Å². The molecule has 0 amide bonds. The van der Waals surface area contributed by atoms with E-state index >= 15 is 0 Å². The lowest BCUT2D eigenvalue weighted by atomic mass is 10.1. The Kier molecular flexibility index (Phi) is 5.64. The van der Waals surface area contributed by atoms with Gasteiger partial charge in [-0.1, -0.05) is 41.9 Å². The van der Waals surface area contributed by atoms with E-state index in [1.165, 1.54) is 23.5 Å². The zero-order valence-corrected chi connectivity index (χ0v) is 17.8. The lowest BCUT2D eigenvalue weighted by Crippen LogP contribution is -2.49. The Morgan fingerprint density at radius 3 is 2.53 bits per heavy atom. The first kappa shape index (κ1) is 20.6. The summed E-state index contributed by atoms with van der Waals surface area (Å²) in [5, 5.41) is 0.646. The fraction of sp³-hybridized carbons (Fsp3) is 0.238. The van der Waals surface area contributed by atoms with Crippen LogP contribution in [0.4, 0.5) is 0 Å². The summed E-state index contributed by atoms with van der Waals surface area (Å²) in [6, 6.07) is 14.5. The van der Waals surface area contributed by atoms with Crippen LogP contribution in [0.15, 0.2) is 65.8 Å². The van der Waals surface area contributed by atoms with Gasteiger partial charge in [0.1, 0.15) is 6.04 Å². The molecule has 4 rings (SSSR count). The Morgan fingerprint density at radius 2 is 1.87 bits per heavy atom. The quantitative estimate of drug-likeness (QED) is 0.564. The normalized spacial score (nSPS) is 16.8. The van der Waals surface area contributed by atoms with Gasteiger partial charge < -0.3 is 9.30 Å². The zero-order chi connectivity index (χ0) is 21.3. The topological polar surface area (TPSA) is 81.5 Å². The predicted octanol–water partition coefficient (Wildman–Crippen LogP) is 2.87. The lowest BCUT2D eigenvalue weighted by molar-refractivity contribution is -0.145. The van der Waals surface area contributed by atoms with Crippen LogP contribution in [0.3, 0.4) is 0 Å². The molecule has 0 spiro atoms. The third-order valence-corrected chi connectivity index (χ3v) is 7.28. The Balaban J connectivity index is 1.71. The summed E-state index contributed by atoms with van der Waals surface area (Å²) < 4.78 is 34.7. The van der Waals surface area contributed by atoms with Gasteiger partial charge in [0.05, 0.1) is 36.3 Å². The molecule has 0 unspecified atom stereocenters. The Hall–Kier alpha value is -2.68. The summed E-state index contributed by atoms with van der Waals surface area (Å²) in [5.74, 6) is -0.604. The largest absolute Gasteiger partial charge is 0.468 e. The molecule has 0 radical (unpaired) electrons. The number of carbonyl (C=O) groups is 1. The lowest BCUT2D eigenvalue weighted by Gasteiger charge is -2.33. The molecule has 1 aliphatic heterocycles. The van der Waals surface area contributed by atoms with Crippen LogP contribution < -0.4 is 0 Å². The third kappa shape index (κ3) is 3.86. The van der Waals surface area contributed by atoms with Crippen LogP contribution in [0.1, 0.15) is 17.0 Å². The number of hydrogen-bond donors (Lipinski definition) is 0. The number of ether oxygens (including phenoxy) is 1. The molecular formula is C21H20ClN3O4S. The highest BCUT2D eigenvalue weighted by molar-refractivity contribution is 7.89. The molecule has 2 heterocycles. The van der Waals surface area contributed by atoms with Crippen molar-refractivity contribution in [1.29, 1.82) is 0 Å². The van der Waals surface area contributed by atoms with Gasteiger partial charge in [-0.25, -0.2) is 13.4 Å². The molecule has 0 bridgehead atoms. The van der Waals surface area contributed by atoms with E-state index in [0.29, 0.717) is 17.3 Å². The van der Waals surface area contributed by atoms with E-state index in [2.05, 4.69) is 4.98 Å². The Bertz CT molecular complexity index is 1160. The second-order valence-corrected chi connectivity index (χ2v) is 9.33. The summed E-state index contributed by atoms with van der Waals surface area (Å²) in [5.41, 5.74) is 2.45. The number of sulfonamides is 1. The van der Waals surface area contributed by atoms with E-state index in [9.17, 15) is 13.2 Å². The number of rotatable bonds is 5. The van der Waals surface area contributed by atoms with Crippen molar-refractivity contribution in [2.24, 2.45) is 0 Å². The van der Waals surface area contributed by atoms with Gasteiger partial charge in [-0.15, -0.1) is 0 Å². The van der Waals surface area contributed by atoms with E-state index in [-0.39, 0.29) is 17.9 Å². The second-order valence-electron chi connectivity index (χ2n) is 7.00. The molecule has 0 saturated heterocycles. The minimum Gasteiger partial charge on any atom is -0.468 e. The maximum absolute atomic E-state index is 13.3. The van der Waals surface area contributed by atoms with Crippen molar-refractivity contribution in [3.05, 3.63) is 82.9 Å². The molecule has 0 N–H and O–H groups in total. The number of carbonyl (C=O) groups excluding carboxylic acids is 1. The average molecular weight is 446 g/mol. The van der Waals surface area contributed by atoms with Crippen LogP contribution in [0, 0.1) is 0 Å². The third-order valence-electron chi connectivity index (χ3n) is 5.16.